The molecule has 3 N–H and O–H groups in total. The van der Waals surface area contributed by atoms with Crippen LogP contribution in [-0.4, -0.2) is 11.0 Å². The van der Waals surface area contributed by atoms with Gasteiger partial charge in [0.15, 0.2) is 5.11 Å². The van der Waals surface area contributed by atoms with Crippen LogP contribution in [0.1, 0.15) is 6.92 Å². The highest BCUT2D eigenvalue weighted by atomic mass is 35.5. The zero-order valence-electron chi connectivity index (χ0n) is 11.6. The summed E-state index contributed by atoms with van der Waals surface area (Å²) in [6, 6.07) is 12.4. The Hall–Kier alpha value is -1.82. The standard InChI is InChI=1S/C15H13Cl2N3OS/c1-9(21)18-10-5-7-11(8-6-10)19-15(22)20-13-4-2-3-12(16)14(13)17/h2-8H,1H3,(H,18,21)(H2,19,20,22). The number of carbonyl (C=O) groups is 1. The van der Waals surface area contributed by atoms with Gasteiger partial charge >= 0.3 is 0 Å². The summed E-state index contributed by atoms with van der Waals surface area (Å²) in [5, 5.41) is 9.95. The molecule has 114 valence electrons. The molecule has 0 unspecified atom stereocenters. The van der Waals surface area contributed by atoms with Crippen molar-refractivity contribution >= 4 is 63.5 Å². The smallest absolute Gasteiger partial charge is 0.221 e. The van der Waals surface area contributed by atoms with E-state index >= 15 is 0 Å². The molecule has 7 heteroatoms. The third-order valence-corrected chi connectivity index (χ3v) is 3.69. The molecule has 0 fully saturated rings. The highest BCUT2D eigenvalue weighted by Gasteiger charge is 2.06. The largest absolute Gasteiger partial charge is 0.332 e. The molecule has 0 aromatic heterocycles. The Balaban J connectivity index is 2.00. The number of carbonyl (C=O) groups excluding carboxylic acids is 1. The van der Waals surface area contributed by atoms with E-state index in [1.54, 1.807) is 42.5 Å². The first-order valence-corrected chi connectivity index (χ1v) is 7.52. The highest BCUT2D eigenvalue weighted by Crippen LogP contribution is 2.29. The zero-order valence-corrected chi connectivity index (χ0v) is 13.9. The highest BCUT2D eigenvalue weighted by molar-refractivity contribution is 7.80. The van der Waals surface area contributed by atoms with Gasteiger partial charge in [-0.05, 0) is 48.6 Å². The van der Waals surface area contributed by atoms with Gasteiger partial charge in [0, 0.05) is 18.3 Å². The van der Waals surface area contributed by atoms with Gasteiger partial charge in [0.1, 0.15) is 0 Å². The van der Waals surface area contributed by atoms with Crippen LogP contribution in [-0.2, 0) is 4.79 Å². The Morgan fingerprint density at radius 3 is 2.14 bits per heavy atom. The molecule has 1 amide bonds. The molecule has 22 heavy (non-hydrogen) atoms. The molecule has 0 aliphatic heterocycles. The predicted molar refractivity (Wildman–Crippen MR) is 97.1 cm³/mol. The average Bonchev–Trinajstić information content (AvgIpc) is 2.45. The molecule has 0 aliphatic rings. The quantitative estimate of drug-likeness (QED) is 0.696. The summed E-state index contributed by atoms with van der Waals surface area (Å²) < 4.78 is 0. The molecule has 0 bridgehead atoms. The van der Waals surface area contributed by atoms with E-state index < -0.39 is 0 Å². The second kappa shape index (κ2) is 7.45. The average molecular weight is 354 g/mol. The van der Waals surface area contributed by atoms with Gasteiger partial charge in [-0.2, -0.15) is 0 Å². The number of benzene rings is 2. The lowest BCUT2D eigenvalue weighted by atomic mass is 10.3. The van der Waals surface area contributed by atoms with E-state index in [0.29, 0.717) is 20.8 Å². The number of hydrogen-bond acceptors (Lipinski definition) is 2. The molecule has 2 aromatic rings. The van der Waals surface area contributed by atoms with Gasteiger partial charge in [0.05, 0.1) is 15.7 Å². The van der Waals surface area contributed by atoms with Crippen LogP contribution in [0, 0.1) is 0 Å². The Bertz CT molecular complexity index is 704. The van der Waals surface area contributed by atoms with E-state index in [9.17, 15) is 4.79 Å². The molecule has 0 saturated carbocycles. The number of halogens is 2. The maximum absolute atomic E-state index is 11.0. The van der Waals surface area contributed by atoms with E-state index in [4.69, 9.17) is 35.4 Å². The minimum absolute atomic E-state index is 0.117. The summed E-state index contributed by atoms with van der Waals surface area (Å²) >= 11 is 17.3. The summed E-state index contributed by atoms with van der Waals surface area (Å²) in [7, 11) is 0. The molecule has 0 aliphatic carbocycles. The molecule has 2 aromatic carbocycles. The summed E-state index contributed by atoms with van der Waals surface area (Å²) in [6.45, 7) is 1.46. The van der Waals surface area contributed by atoms with E-state index in [1.807, 2.05) is 0 Å². The lowest BCUT2D eigenvalue weighted by molar-refractivity contribution is -0.114. The van der Waals surface area contributed by atoms with Gasteiger partial charge in [-0.25, -0.2) is 0 Å². The molecule has 0 atom stereocenters. The zero-order chi connectivity index (χ0) is 16.1. The summed E-state index contributed by atoms with van der Waals surface area (Å²) in [5.41, 5.74) is 2.13. The molecule has 0 radical (unpaired) electrons. The number of nitrogens with one attached hydrogen (secondary N) is 3. The molecule has 2 rings (SSSR count). The molecule has 4 nitrogen and oxygen atoms in total. The summed E-state index contributed by atoms with van der Waals surface area (Å²) in [6.07, 6.45) is 0. The molecule has 0 saturated heterocycles. The minimum atomic E-state index is -0.117. The van der Waals surface area contributed by atoms with Crippen molar-refractivity contribution in [3.8, 4) is 0 Å². The second-order valence-electron chi connectivity index (χ2n) is 4.44. The van der Waals surface area contributed by atoms with Gasteiger partial charge in [-0.1, -0.05) is 29.3 Å². The number of amides is 1. The third-order valence-electron chi connectivity index (χ3n) is 2.66. The Morgan fingerprint density at radius 2 is 1.55 bits per heavy atom. The SMILES string of the molecule is CC(=O)Nc1ccc(NC(=S)Nc2cccc(Cl)c2Cl)cc1. The van der Waals surface area contributed by atoms with Crippen molar-refractivity contribution in [1.29, 1.82) is 0 Å². The van der Waals surface area contributed by atoms with Crippen LogP contribution in [0.2, 0.25) is 10.0 Å². The van der Waals surface area contributed by atoms with E-state index in [-0.39, 0.29) is 5.91 Å². The van der Waals surface area contributed by atoms with Gasteiger partial charge < -0.3 is 16.0 Å². The van der Waals surface area contributed by atoms with Crippen LogP contribution < -0.4 is 16.0 Å². The van der Waals surface area contributed by atoms with E-state index in [1.165, 1.54) is 6.92 Å². The van der Waals surface area contributed by atoms with Crippen molar-refractivity contribution < 1.29 is 4.79 Å². The van der Waals surface area contributed by atoms with Crippen LogP contribution >= 0.6 is 35.4 Å². The van der Waals surface area contributed by atoms with Gasteiger partial charge in [-0.3, -0.25) is 4.79 Å². The van der Waals surface area contributed by atoms with Crippen molar-refractivity contribution in [2.24, 2.45) is 0 Å². The fourth-order valence-electron chi connectivity index (χ4n) is 1.73. The molecule has 0 spiro atoms. The Morgan fingerprint density at radius 1 is 0.955 bits per heavy atom. The second-order valence-corrected chi connectivity index (χ2v) is 5.63. The first kappa shape index (κ1) is 16.5. The van der Waals surface area contributed by atoms with Crippen molar-refractivity contribution in [3.63, 3.8) is 0 Å². The van der Waals surface area contributed by atoms with Gasteiger partial charge in [-0.15, -0.1) is 0 Å². The third kappa shape index (κ3) is 4.59. The minimum Gasteiger partial charge on any atom is -0.332 e. The number of hydrogen-bond donors (Lipinski definition) is 3. The summed E-state index contributed by atoms with van der Waals surface area (Å²) in [4.78, 5) is 11.0. The fourth-order valence-corrected chi connectivity index (χ4v) is 2.30. The van der Waals surface area contributed by atoms with Crippen LogP contribution in [0.15, 0.2) is 42.5 Å². The molecular formula is C15H13Cl2N3OS. The maximum Gasteiger partial charge on any atom is 0.221 e. The first-order chi connectivity index (χ1) is 10.5. The molecular weight excluding hydrogens is 341 g/mol. The molecule has 0 heterocycles. The Kier molecular flexibility index (Phi) is 5.60. The maximum atomic E-state index is 11.0. The summed E-state index contributed by atoms with van der Waals surface area (Å²) in [5.74, 6) is -0.117. The fraction of sp³-hybridized carbons (Fsp3) is 0.0667. The number of thiocarbonyl (C=S) groups is 1. The van der Waals surface area contributed by atoms with Crippen molar-refractivity contribution in [1.82, 2.24) is 0 Å². The Labute approximate surface area is 143 Å². The van der Waals surface area contributed by atoms with Crippen LogP contribution in [0.3, 0.4) is 0 Å². The normalized spacial score (nSPS) is 9.95. The number of rotatable bonds is 3. The monoisotopic (exact) mass is 353 g/mol. The van der Waals surface area contributed by atoms with Crippen molar-refractivity contribution in [2.45, 2.75) is 6.92 Å². The number of anilines is 3. The lowest BCUT2D eigenvalue weighted by Crippen LogP contribution is -2.19. The lowest BCUT2D eigenvalue weighted by Gasteiger charge is -2.12. The van der Waals surface area contributed by atoms with Gasteiger partial charge in [0.2, 0.25) is 5.91 Å². The van der Waals surface area contributed by atoms with Crippen molar-refractivity contribution in [3.05, 3.63) is 52.5 Å². The van der Waals surface area contributed by atoms with Crippen LogP contribution in [0.5, 0.6) is 0 Å². The van der Waals surface area contributed by atoms with Crippen LogP contribution in [0.4, 0.5) is 17.1 Å². The van der Waals surface area contributed by atoms with Crippen molar-refractivity contribution in [2.75, 3.05) is 16.0 Å². The van der Waals surface area contributed by atoms with E-state index in [0.717, 1.165) is 11.4 Å². The van der Waals surface area contributed by atoms with Gasteiger partial charge in [0.25, 0.3) is 0 Å². The van der Waals surface area contributed by atoms with E-state index in [2.05, 4.69) is 16.0 Å². The van der Waals surface area contributed by atoms with Crippen LogP contribution in [0.25, 0.3) is 0 Å². The first-order valence-electron chi connectivity index (χ1n) is 6.35. The topological polar surface area (TPSA) is 53.2 Å². The predicted octanol–water partition coefficient (Wildman–Crippen LogP) is 4.76.